The second-order valence-electron chi connectivity index (χ2n) is 9.88. The Morgan fingerprint density at radius 3 is 2.70 bits per heavy atom. The first-order chi connectivity index (χ1) is 17.8. The van der Waals surface area contributed by atoms with Crippen LogP contribution in [0, 0.1) is 23.1 Å². The van der Waals surface area contributed by atoms with Gasteiger partial charge in [-0.05, 0) is 55.0 Å². The van der Waals surface area contributed by atoms with Crippen molar-refractivity contribution in [3.8, 4) is 6.07 Å². The van der Waals surface area contributed by atoms with Crippen LogP contribution in [0.1, 0.15) is 56.0 Å². The summed E-state index contributed by atoms with van der Waals surface area (Å²) in [5, 5.41) is 26.2. The highest BCUT2D eigenvalue weighted by Crippen LogP contribution is 2.38. The van der Waals surface area contributed by atoms with E-state index in [0.717, 1.165) is 19.3 Å². The molecule has 1 aliphatic carbocycles. The number of nitrogens with one attached hydrogen (secondary N) is 2. The van der Waals surface area contributed by atoms with Crippen LogP contribution in [0.5, 0.6) is 0 Å². The van der Waals surface area contributed by atoms with Crippen molar-refractivity contribution >= 4 is 41.7 Å². The molecular weight excluding hydrogens is 488 g/mol. The number of hydrogen-bond acceptors (Lipinski definition) is 6. The summed E-state index contributed by atoms with van der Waals surface area (Å²) in [5.41, 5.74) is 2.02. The Bertz CT molecular complexity index is 1480. The van der Waals surface area contributed by atoms with E-state index in [1.807, 2.05) is 16.9 Å². The Hall–Kier alpha value is -3.64. The summed E-state index contributed by atoms with van der Waals surface area (Å²) < 4.78 is 15.6. The molecule has 1 unspecified atom stereocenters. The number of nitriles is 1. The van der Waals surface area contributed by atoms with Crippen LogP contribution in [0.4, 0.5) is 15.8 Å². The fourth-order valence-corrected chi connectivity index (χ4v) is 4.56. The van der Waals surface area contributed by atoms with Crippen LogP contribution >= 0.6 is 11.6 Å². The standard InChI is InChI=1S/C27H26BClFN7/c1-16(2)9-10-32-25-17(13-31)14-33-26-22(25)11-20(12-23(26)29)34-27(28,18-3-5-19(30)6-4-18)24-15-37(36-35-24)21-7-8-21/h3-6,11-12,14-16,21,34H,7-10H2,1-2H3,(H,32,33). The lowest BCUT2D eigenvalue weighted by Gasteiger charge is -2.32. The number of hydrogen-bond donors (Lipinski definition) is 2. The Morgan fingerprint density at radius 2 is 2.03 bits per heavy atom. The van der Waals surface area contributed by atoms with Gasteiger partial charge in [-0.25, -0.2) is 9.07 Å². The molecule has 0 amide bonds. The predicted octanol–water partition coefficient (Wildman–Crippen LogP) is 5.77. The Balaban J connectivity index is 1.59. The average Bonchev–Trinajstić information content (AvgIpc) is 3.60. The van der Waals surface area contributed by atoms with Crippen molar-refractivity contribution in [2.75, 3.05) is 17.2 Å². The zero-order valence-electron chi connectivity index (χ0n) is 20.7. The number of fused-ring (bicyclic) bond motifs is 1. The average molecular weight is 514 g/mol. The van der Waals surface area contributed by atoms with Gasteiger partial charge in [-0.1, -0.05) is 42.8 Å². The van der Waals surface area contributed by atoms with Crippen LogP contribution in [-0.2, 0) is 5.44 Å². The molecule has 5 rings (SSSR count). The Kier molecular flexibility index (Phi) is 6.78. The number of halogens is 2. The molecule has 0 bridgehead atoms. The Labute approximate surface area is 221 Å². The molecule has 0 saturated heterocycles. The maximum atomic E-state index is 13.8. The molecule has 1 fully saturated rings. The van der Waals surface area contributed by atoms with Crippen LogP contribution in [0.15, 0.2) is 48.8 Å². The molecule has 2 aromatic heterocycles. The van der Waals surface area contributed by atoms with E-state index >= 15 is 0 Å². The number of nitrogens with zero attached hydrogens (tertiary/aromatic N) is 5. The largest absolute Gasteiger partial charge is 0.383 e. The number of pyridine rings is 1. The third-order valence-corrected chi connectivity index (χ3v) is 6.83. The summed E-state index contributed by atoms with van der Waals surface area (Å²) >= 11 is 6.67. The summed E-state index contributed by atoms with van der Waals surface area (Å²) in [6.45, 7) is 4.99. The van der Waals surface area contributed by atoms with Crippen molar-refractivity contribution in [3.63, 3.8) is 0 Å². The number of aromatic nitrogens is 4. The molecule has 186 valence electrons. The van der Waals surface area contributed by atoms with Gasteiger partial charge in [-0.3, -0.25) is 4.98 Å². The minimum Gasteiger partial charge on any atom is -0.383 e. The van der Waals surface area contributed by atoms with Crippen molar-refractivity contribution < 1.29 is 4.39 Å². The van der Waals surface area contributed by atoms with Crippen molar-refractivity contribution in [2.45, 2.75) is 44.6 Å². The zero-order chi connectivity index (χ0) is 26.2. The van der Waals surface area contributed by atoms with E-state index in [2.05, 4.69) is 45.8 Å². The van der Waals surface area contributed by atoms with E-state index in [1.54, 1.807) is 18.2 Å². The Morgan fingerprint density at radius 1 is 1.27 bits per heavy atom. The smallest absolute Gasteiger partial charge is 0.123 e. The summed E-state index contributed by atoms with van der Waals surface area (Å²) in [6.07, 6.45) is 6.39. The van der Waals surface area contributed by atoms with Crippen LogP contribution < -0.4 is 10.6 Å². The first-order valence-electron chi connectivity index (χ1n) is 12.3. The second kappa shape index (κ2) is 10.0. The van der Waals surface area contributed by atoms with Crippen molar-refractivity contribution in [1.82, 2.24) is 20.0 Å². The highest BCUT2D eigenvalue weighted by Gasteiger charge is 2.34. The molecule has 4 aromatic rings. The van der Waals surface area contributed by atoms with Gasteiger partial charge in [-0.2, -0.15) is 5.26 Å². The summed E-state index contributed by atoms with van der Waals surface area (Å²) in [6, 6.07) is 12.1. The predicted molar refractivity (Wildman–Crippen MR) is 144 cm³/mol. The normalized spacial score (nSPS) is 14.9. The zero-order valence-corrected chi connectivity index (χ0v) is 21.4. The van der Waals surface area contributed by atoms with E-state index < -0.39 is 5.44 Å². The van der Waals surface area contributed by atoms with Gasteiger partial charge in [0.1, 0.15) is 25.4 Å². The topological polar surface area (TPSA) is 91.5 Å². The highest BCUT2D eigenvalue weighted by molar-refractivity contribution is 6.36. The quantitative estimate of drug-likeness (QED) is 0.276. The summed E-state index contributed by atoms with van der Waals surface area (Å²) in [5.74, 6) is 0.137. The molecule has 1 saturated carbocycles. The highest BCUT2D eigenvalue weighted by atomic mass is 35.5. The number of anilines is 2. The molecule has 2 heterocycles. The van der Waals surface area contributed by atoms with E-state index in [4.69, 9.17) is 19.4 Å². The van der Waals surface area contributed by atoms with Crippen molar-refractivity contribution in [3.05, 3.63) is 76.5 Å². The maximum Gasteiger partial charge on any atom is 0.123 e. The molecular formula is C27H26BClFN7. The monoisotopic (exact) mass is 513 g/mol. The third-order valence-electron chi connectivity index (χ3n) is 6.55. The molecule has 37 heavy (non-hydrogen) atoms. The first-order valence-corrected chi connectivity index (χ1v) is 12.7. The van der Waals surface area contributed by atoms with Crippen molar-refractivity contribution in [1.29, 1.82) is 5.26 Å². The minimum absolute atomic E-state index is 0.323. The van der Waals surface area contributed by atoms with Crippen LogP contribution in [0.25, 0.3) is 10.9 Å². The number of rotatable bonds is 9. The van der Waals surface area contributed by atoms with Gasteiger partial charge in [0.25, 0.3) is 0 Å². The van der Waals surface area contributed by atoms with Gasteiger partial charge in [-0.15, -0.1) is 5.10 Å². The summed E-state index contributed by atoms with van der Waals surface area (Å²) in [7, 11) is 6.98. The molecule has 1 aliphatic rings. The van der Waals surface area contributed by atoms with Crippen LogP contribution in [0.2, 0.25) is 5.02 Å². The minimum atomic E-state index is -1.33. The maximum absolute atomic E-state index is 13.8. The van der Waals surface area contributed by atoms with E-state index in [1.165, 1.54) is 18.3 Å². The van der Waals surface area contributed by atoms with Gasteiger partial charge >= 0.3 is 0 Å². The van der Waals surface area contributed by atoms with Gasteiger partial charge < -0.3 is 10.6 Å². The SMILES string of the molecule is [B]C(Nc1cc(Cl)c2ncc(C#N)c(NCCC(C)C)c2c1)(c1ccc(F)cc1)c1cn(C2CC2)nn1. The molecule has 2 N–H and O–H groups in total. The van der Waals surface area contributed by atoms with Crippen molar-refractivity contribution in [2.24, 2.45) is 5.92 Å². The van der Waals surface area contributed by atoms with Gasteiger partial charge in [0.2, 0.25) is 0 Å². The fourth-order valence-electron chi connectivity index (χ4n) is 4.29. The fraction of sp³-hybridized carbons (Fsp3) is 0.333. The summed E-state index contributed by atoms with van der Waals surface area (Å²) in [4.78, 5) is 4.43. The molecule has 2 radical (unpaired) electrons. The molecule has 7 nitrogen and oxygen atoms in total. The van der Waals surface area contributed by atoms with E-state index in [-0.39, 0.29) is 5.82 Å². The van der Waals surface area contributed by atoms with E-state index in [9.17, 15) is 9.65 Å². The van der Waals surface area contributed by atoms with Crippen LogP contribution in [-0.4, -0.2) is 34.4 Å². The molecule has 1 atom stereocenters. The molecule has 2 aromatic carbocycles. The van der Waals surface area contributed by atoms with E-state index in [0.29, 0.717) is 62.6 Å². The molecule has 10 heteroatoms. The van der Waals surface area contributed by atoms with Crippen LogP contribution in [0.3, 0.4) is 0 Å². The lowest BCUT2D eigenvalue weighted by Crippen LogP contribution is -2.37. The van der Waals surface area contributed by atoms with Gasteiger partial charge in [0, 0.05) is 23.8 Å². The third kappa shape index (κ3) is 5.12. The number of benzene rings is 2. The lowest BCUT2D eigenvalue weighted by molar-refractivity contribution is 0.607. The lowest BCUT2D eigenvalue weighted by atomic mass is 9.69. The molecule has 0 spiro atoms. The second-order valence-corrected chi connectivity index (χ2v) is 10.3. The van der Waals surface area contributed by atoms with Gasteiger partial charge in [0.15, 0.2) is 0 Å². The van der Waals surface area contributed by atoms with Gasteiger partial charge in [0.05, 0.1) is 39.5 Å². The molecule has 0 aliphatic heterocycles. The first kappa shape index (κ1) is 25.0.